The number of aliphatic hydroxyl groups is 1. The highest BCUT2D eigenvalue weighted by molar-refractivity contribution is 7.87. The van der Waals surface area contributed by atoms with Gasteiger partial charge in [0.2, 0.25) is 0 Å². The first kappa shape index (κ1) is 17.1. The number of hydrogen-bond acceptors (Lipinski definition) is 4. The van der Waals surface area contributed by atoms with Crippen LogP contribution in [0.3, 0.4) is 0 Å². The summed E-state index contributed by atoms with van der Waals surface area (Å²) >= 11 is 0. The van der Waals surface area contributed by atoms with Gasteiger partial charge in [-0.2, -0.15) is 30.6 Å². The van der Waals surface area contributed by atoms with Crippen LogP contribution in [-0.4, -0.2) is 60.3 Å². The molecule has 11 heteroatoms. The van der Waals surface area contributed by atoms with E-state index in [0.29, 0.717) is 17.1 Å². The molecule has 0 saturated carbocycles. The molecule has 0 aromatic carbocycles. The highest BCUT2D eigenvalue weighted by Crippen LogP contribution is 2.22. The van der Waals surface area contributed by atoms with Crippen LogP contribution < -0.4 is 4.72 Å². The van der Waals surface area contributed by atoms with Crippen molar-refractivity contribution in [1.82, 2.24) is 9.03 Å². The van der Waals surface area contributed by atoms with E-state index < -0.39 is 41.0 Å². The second-order valence-electron chi connectivity index (χ2n) is 4.37. The molecule has 118 valence electrons. The van der Waals surface area contributed by atoms with Crippen molar-refractivity contribution in [2.24, 2.45) is 0 Å². The van der Waals surface area contributed by atoms with Gasteiger partial charge in [-0.1, -0.05) is 0 Å². The molecule has 1 heterocycles. The number of nitrogens with zero attached hydrogens (tertiary/aromatic N) is 1. The van der Waals surface area contributed by atoms with Crippen molar-refractivity contribution in [1.29, 1.82) is 0 Å². The molecule has 3 N–H and O–H groups in total. The molecule has 2 atom stereocenters. The minimum absolute atomic E-state index is 0.0889. The maximum absolute atomic E-state index is 12.1. The monoisotopic (exact) mass is 320 g/mol. The van der Waals surface area contributed by atoms with Gasteiger partial charge in [0.25, 0.3) is 10.2 Å². The van der Waals surface area contributed by atoms with E-state index in [1.807, 2.05) is 0 Å². The van der Waals surface area contributed by atoms with Gasteiger partial charge in [0.15, 0.2) is 6.10 Å². The first-order valence-electron chi connectivity index (χ1n) is 5.79. The summed E-state index contributed by atoms with van der Waals surface area (Å²) in [7, 11) is -4.39. The molecule has 1 fully saturated rings. The Labute approximate surface area is 113 Å². The predicted molar refractivity (Wildman–Crippen MR) is 61.0 cm³/mol. The third kappa shape index (κ3) is 4.30. The van der Waals surface area contributed by atoms with E-state index in [0.717, 1.165) is 0 Å². The third-order valence-electron chi connectivity index (χ3n) is 2.88. The second kappa shape index (κ2) is 6.24. The molecule has 0 spiro atoms. The fourth-order valence-electron chi connectivity index (χ4n) is 1.82. The summed E-state index contributed by atoms with van der Waals surface area (Å²) in [5.74, 6) is -1.36. The van der Waals surface area contributed by atoms with E-state index in [2.05, 4.69) is 0 Å². The number of aliphatic hydroxyl groups excluding tert-OH is 1. The topological polar surface area (TPSA) is 107 Å². The highest BCUT2D eigenvalue weighted by atomic mass is 32.2. The van der Waals surface area contributed by atoms with E-state index in [9.17, 15) is 26.4 Å². The first-order chi connectivity index (χ1) is 9.05. The van der Waals surface area contributed by atoms with Crippen LogP contribution in [0.15, 0.2) is 0 Å². The normalized spacial score (nSPS) is 23.5. The van der Waals surface area contributed by atoms with Gasteiger partial charge >= 0.3 is 12.1 Å². The average molecular weight is 320 g/mol. The van der Waals surface area contributed by atoms with Crippen molar-refractivity contribution >= 4 is 16.2 Å². The fraction of sp³-hybridized carbons (Fsp3) is 0.889. The molecule has 0 aromatic rings. The van der Waals surface area contributed by atoms with Crippen LogP contribution in [0.25, 0.3) is 0 Å². The van der Waals surface area contributed by atoms with Crippen LogP contribution in [0.4, 0.5) is 13.2 Å². The van der Waals surface area contributed by atoms with Gasteiger partial charge in [-0.3, -0.25) is 4.79 Å². The molecular formula is C9H15F3N2O5S. The first-order valence-corrected chi connectivity index (χ1v) is 7.23. The smallest absolute Gasteiger partial charge is 0.415 e. The Hall–Kier alpha value is -0.910. The zero-order valence-corrected chi connectivity index (χ0v) is 11.1. The Kier molecular flexibility index (Phi) is 5.35. The zero-order chi connectivity index (χ0) is 15.6. The predicted octanol–water partition coefficient (Wildman–Crippen LogP) is -0.317. The van der Waals surface area contributed by atoms with Crippen LogP contribution in [0.5, 0.6) is 0 Å². The number of rotatable bonds is 5. The zero-order valence-electron chi connectivity index (χ0n) is 10.3. The van der Waals surface area contributed by atoms with Crippen LogP contribution in [0.2, 0.25) is 0 Å². The van der Waals surface area contributed by atoms with E-state index >= 15 is 0 Å². The summed E-state index contributed by atoms with van der Waals surface area (Å²) in [4.78, 5) is 10.9. The van der Waals surface area contributed by atoms with E-state index in [-0.39, 0.29) is 13.0 Å². The van der Waals surface area contributed by atoms with Crippen molar-refractivity contribution in [2.45, 2.75) is 37.6 Å². The Morgan fingerprint density at radius 2 is 2.00 bits per heavy atom. The summed E-state index contributed by atoms with van der Waals surface area (Å²) in [6.45, 7) is -1.34. The lowest BCUT2D eigenvalue weighted by Gasteiger charge is -2.32. The molecule has 20 heavy (non-hydrogen) atoms. The average Bonchev–Trinajstić information content (AvgIpc) is 2.34. The van der Waals surface area contributed by atoms with Crippen molar-refractivity contribution in [2.75, 3.05) is 13.1 Å². The van der Waals surface area contributed by atoms with Gasteiger partial charge in [-0.05, 0) is 19.3 Å². The molecule has 1 saturated heterocycles. The molecule has 0 aromatic heterocycles. The van der Waals surface area contributed by atoms with Crippen molar-refractivity contribution in [3.63, 3.8) is 0 Å². The van der Waals surface area contributed by atoms with Crippen molar-refractivity contribution < 1.29 is 36.6 Å². The lowest BCUT2D eigenvalue weighted by atomic mass is 10.1. The number of halogens is 3. The number of aliphatic carboxylic acids is 1. The number of hydrogen-bond donors (Lipinski definition) is 3. The van der Waals surface area contributed by atoms with E-state index in [4.69, 9.17) is 10.2 Å². The highest BCUT2D eigenvalue weighted by Gasteiger charge is 2.41. The fourth-order valence-corrected chi connectivity index (χ4v) is 3.26. The van der Waals surface area contributed by atoms with E-state index in [1.165, 1.54) is 0 Å². The molecule has 7 nitrogen and oxygen atoms in total. The SMILES string of the molecule is O=C(O)C1CCCCN1S(=O)(=O)NCC(O)C(F)(F)F. The number of carboxylic acid groups (broad SMARTS) is 1. The lowest BCUT2D eigenvalue weighted by Crippen LogP contribution is -2.54. The molecular weight excluding hydrogens is 305 g/mol. The summed E-state index contributed by atoms with van der Waals surface area (Å²) in [5, 5.41) is 17.7. The van der Waals surface area contributed by atoms with Crippen molar-refractivity contribution in [3.05, 3.63) is 0 Å². The molecule has 1 aliphatic heterocycles. The minimum Gasteiger partial charge on any atom is -0.480 e. The van der Waals surface area contributed by atoms with Gasteiger partial charge in [0.05, 0.1) is 0 Å². The van der Waals surface area contributed by atoms with Crippen LogP contribution in [0.1, 0.15) is 19.3 Å². The molecule has 2 unspecified atom stereocenters. The molecule has 1 aliphatic rings. The lowest BCUT2D eigenvalue weighted by molar-refractivity contribution is -0.200. The Morgan fingerprint density at radius 3 is 2.50 bits per heavy atom. The van der Waals surface area contributed by atoms with Gasteiger partial charge in [-0.15, -0.1) is 0 Å². The quantitative estimate of drug-likeness (QED) is 0.644. The Balaban J connectivity index is 2.74. The van der Waals surface area contributed by atoms with Gasteiger partial charge < -0.3 is 10.2 Å². The molecule has 0 bridgehead atoms. The van der Waals surface area contributed by atoms with Gasteiger partial charge in [0.1, 0.15) is 6.04 Å². The maximum atomic E-state index is 12.1. The standard InChI is InChI=1S/C9H15F3N2O5S/c10-9(11,12)7(15)5-13-20(18,19)14-4-2-1-3-6(14)8(16)17/h6-7,13,15H,1-5H2,(H,16,17). The number of nitrogens with one attached hydrogen (secondary N) is 1. The van der Waals surface area contributed by atoms with Gasteiger partial charge in [0, 0.05) is 13.1 Å². The minimum atomic E-state index is -4.95. The molecule has 0 aliphatic carbocycles. The molecule has 0 radical (unpaired) electrons. The van der Waals surface area contributed by atoms with Crippen LogP contribution >= 0.6 is 0 Å². The number of carbonyl (C=O) groups is 1. The Morgan fingerprint density at radius 1 is 1.40 bits per heavy atom. The van der Waals surface area contributed by atoms with Gasteiger partial charge in [-0.25, -0.2) is 0 Å². The number of alkyl halides is 3. The largest absolute Gasteiger partial charge is 0.480 e. The molecule has 1 rings (SSSR count). The van der Waals surface area contributed by atoms with E-state index in [1.54, 1.807) is 4.72 Å². The second-order valence-corrected chi connectivity index (χ2v) is 6.08. The summed E-state index contributed by atoms with van der Waals surface area (Å²) < 4.78 is 62.0. The number of piperidine rings is 1. The molecule has 0 amide bonds. The summed E-state index contributed by atoms with van der Waals surface area (Å²) in [5.41, 5.74) is 0. The third-order valence-corrected chi connectivity index (χ3v) is 4.47. The van der Waals surface area contributed by atoms with Crippen molar-refractivity contribution in [3.8, 4) is 0 Å². The summed E-state index contributed by atoms with van der Waals surface area (Å²) in [6.07, 6.45) is -6.75. The summed E-state index contributed by atoms with van der Waals surface area (Å²) in [6, 6.07) is -1.30. The van der Waals surface area contributed by atoms with Crippen LogP contribution in [-0.2, 0) is 15.0 Å². The number of carboxylic acids is 1. The Bertz CT molecular complexity index is 453. The maximum Gasteiger partial charge on any atom is 0.415 e. The van der Waals surface area contributed by atoms with Crippen LogP contribution in [0, 0.1) is 0 Å².